The molecule has 0 aliphatic carbocycles. The number of nitrogens with one attached hydrogen (secondary N) is 4. The van der Waals surface area contributed by atoms with Gasteiger partial charge < -0.3 is 26.2 Å². The van der Waals surface area contributed by atoms with Crippen molar-refractivity contribution < 1.29 is 9.59 Å². The van der Waals surface area contributed by atoms with Crippen molar-refractivity contribution in [3.05, 3.63) is 29.8 Å². The highest BCUT2D eigenvalue weighted by Crippen LogP contribution is 2.36. The zero-order valence-electron chi connectivity index (χ0n) is 20.3. The average Bonchev–Trinajstić information content (AvgIpc) is 3.19. The standard InChI is InChI=1S/C24H32N8O2S2/c1-2-32-21(13-18(14-26)22(33)28-10-8-25)36-20(23(32)34)6-9-27-19-5-3-4-17(12-19)7-11-31-15-29-24(35)30-16-31/h3-5,12,18,20-21,27H,2,6-7,9-11,13,15-16H2,1H3,(H,28,33)(H2,29,30,35). The van der Waals surface area contributed by atoms with Crippen molar-refractivity contribution in [1.82, 2.24) is 25.8 Å². The van der Waals surface area contributed by atoms with Gasteiger partial charge in [0, 0.05) is 31.7 Å². The molecule has 2 heterocycles. The molecule has 1 aromatic carbocycles. The first-order valence-electron chi connectivity index (χ1n) is 12.0. The normalized spacial score (nSPS) is 20.6. The SMILES string of the molecule is CCN1C(=O)C(CCNc2cccc(CCN3CNC(=S)NC3)c2)SC1CC(C#N)C(=O)NCC#N. The summed E-state index contributed by atoms with van der Waals surface area (Å²) >= 11 is 6.60. The third-order valence-corrected chi connectivity index (χ3v) is 7.94. The zero-order valence-corrected chi connectivity index (χ0v) is 22.0. The molecule has 0 radical (unpaired) electrons. The minimum Gasteiger partial charge on any atom is -0.385 e. The maximum atomic E-state index is 12.9. The van der Waals surface area contributed by atoms with Crippen LogP contribution in [0.3, 0.4) is 0 Å². The van der Waals surface area contributed by atoms with Crippen LogP contribution in [0.1, 0.15) is 25.3 Å². The van der Waals surface area contributed by atoms with Crippen LogP contribution in [0.2, 0.25) is 0 Å². The summed E-state index contributed by atoms with van der Waals surface area (Å²) in [5.74, 6) is -1.32. The van der Waals surface area contributed by atoms with Crippen molar-refractivity contribution >= 4 is 46.6 Å². The molecule has 2 fully saturated rings. The smallest absolute Gasteiger partial charge is 0.238 e. The Morgan fingerprint density at radius 2 is 2.11 bits per heavy atom. The number of thioether (sulfide) groups is 1. The Morgan fingerprint density at radius 1 is 1.33 bits per heavy atom. The number of hydrogen-bond acceptors (Lipinski definition) is 8. The lowest BCUT2D eigenvalue weighted by Crippen LogP contribution is -2.54. The van der Waals surface area contributed by atoms with E-state index < -0.39 is 11.8 Å². The van der Waals surface area contributed by atoms with E-state index >= 15 is 0 Å². The molecule has 1 aromatic rings. The third-order valence-electron chi connectivity index (χ3n) is 6.13. The summed E-state index contributed by atoms with van der Waals surface area (Å²) in [6, 6.07) is 12.2. The molecule has 2 aliphatic heterocycles. The molecule has 0 bridgehead atoms. The molecule has 4 N–H and O–H groups in total. The van der Waals surface area contributed by atoms with Crippen LogP contribution in [0.4, 0.5) is 5.69 Å². The number of nitriles is 2. The number of nitrogens with zero attached hydrogens (tertiary/aromatic N) is 4. The fourth-order valence-corrected chi connectivity index (χ4v) is 5.88. The van der Waals surface area contributed by atoms with Crippen molar-refractivity contribution in [3.63, 3.8) is 0 Å². The predicted octanol–water partition coefficient (Wildman–Crippen LogP) is 1.19. The van der Waals surface area contributed by atoms with Crippen LogP contribution in [0.25, 0.3) is 0 Å². The molecule has 192 valence electrons. The number of anilines is 1. The van der Waals surface area contributed by atoms with Crippen molar-refractivity contribution in [2.45, 2.75) is 36.8 Å². The Kier molecular flexibility index (Phi) is 10.6. The van der Waals surface area contributed by atoms with Crippen LogP contribution in [0.15, 0.2) is 24.3 Å². The van der Waals surface area contributed by atoms with Crippen LogP contribution in [-0.2, 0) is 16.0 Å². The van der Waals surface area contributed by atoms with Gasteiger partial charge in [-0.05, 0) is 49.7 Å². The van der Waals surface area contributed by atoms with Crippen LogP contribution in [0.5, 0.6) is 0 Å². The van der Waals surface area contributed by atoms with Gasteiger partial charge in [0.15, 0.2) is 5.11 Å². The van der Waals surface area contributed by atoms with Crippen LogP contribution < -0.4 is 21.3 Å². The maximum Gasteiger partial charge on any atom is 0.238 e. The molecular weight excluding hydrogens is 496 g/mol. The summed E-state index contributed by atoms with van der Waals surface area (Å²) < 4.78 is 0. The minimum absolute atomic E-state index is 0.0420. The summed E-state index contributed by atoms with van der Waals surface area (Å²) in [5, 5.41) is 30.4. The second kappa shape index (κ2) is 13.9. The zero-order chi connectivity index (χ0) is 25.9. The molecular formula is C24H32N8O2S2. The third kappa shape index (κ3) is 7.72. The molecule has 0 spiro atoms. The van der Waals surface area contributed by atoms with Gasteiger partial charge in [-0.15, -0.1) is 11.8 Å². The van der Waals surface area contributed by atoms with Gasteiger partial charge in [0.25, 0.3) is 0 Å². The summed E-state index contributed by atoms with van der Waals surface area (Å²) in [5.41, 5.74) is 2.25. The highest BCUT2D eigenvalue weighted by molar-refractivity contribution is 8.01. The van der Waals surface area contributed by atoms with E-state index in [1.807, 2.05) is 31.2 Å². The highest BCUT2D eigenvalue weighted by Gasteiger charge is 2.40. The van der Waals surface area contributed by atoms with Gasteiger partial charge in [-0.1, -0.05) is 12.1 Å². The van der Waals surface area contributed by atoms with E-state index in [0.717, 1.165) is 32.0 Å². The van der Waals surface area contributed by atoms with E-state index in [9.17, 15) is 14.9 Å². The molecule has 3 unspecified atom stereocenters. The van der Waals surface area contributed by atoms with E-state index in [4.69, 9.17) is 17.5 Å². The molecule has 2 saturated heterocycles. The molecule has 36 heavy (non-hydrogen) atoms. The lowest BCUT2D eigenvalue weighted by atomic mass is 10.1. The molecule has 3 atom stereocenters. The fraction of sp³-hybridized carbons (Fsp3) is 0.542. The van der Waals surface area contributed by atoms with Gasteiger partial charge in [-0.25, -0.2) is 0 Å². The Balaban J connectivity index is 1.47. The van der Waals surface area contributed by atoms with Gasteiger partial charge in [-0.2, -0.15) is 10.5 Å². The first kappa shape index (κ1) is 27.5. The van der Waals surface area contributed by atoms with E-state index in [-0.39, 0.29) is 29.5 Å². The van der Waals surface area contributed by atoms with Crippen molar-refractivity contribution in [1.29, 1.82) is 10.5 Å². The molecule has 3 rings (SSSR count). The second-order valence-electron chi connectivity index (χ2n) is 8.56. The van der Waals surface area contributed by atoms with E-state index in [2.05, 4.69) is 38.3 Å². The summed E-state index contributed by atoms with van der Waals surface area (Å²) in [6.45, 7) is 5.32. The number of carbonyl (C=O) groups is 2. The largest absolute Gasteiger partial charge is 0.385 e. The molecule has 2 aliphatic rings. The number of rotatable bonds is 12. The van der Waals surface area contributed by atoms with Gasteiger partial charge in [0.05, 0.1) is 36.1 Å². The number of thiocarbonyl (C=S) groups is 1. The van der Waals surface area contributed by atoms with Gasteiger partial charge in [0.1, 0.15) is 12.5 Å². The Labute approximate surface area is 221 Å². The lowest BCUT2D eigenvalue weighted by molar-refractivity contribution is -0.131. The number of amides is 2. The molecule has 0 saturated carbocycles. The Morgan fingerprint density at radius 3 is 2.81 bits per heavy atom. The predicted molar refractivity (Wildman–Crippen MR) is 143 cm³/mol. The highest BCUT2D eigenvalue weighted by atomic mass is 32.2. The van der Waals surface area contributed by atoms with Crippen LogP contribution >= 0.6 is 24.0 Å². The van der Waals surface area contributed by atoms with Gasteiger partial charge >= 0.3 is 0 Å². The topological polar surface area (TPSA) is 136 Å². The van der Waals surface area contributed by atoms with E-state index in [0.29, 0.717) is 24.6 Å². The van der Waals surface area contributed by atoms with E-state index in [1.54, 1.807) is 4.90 Å². The summed E-state index contributed by atoms with van der Waals surface area (Å²) in [6.07, 6.45) is 1.80. The fourth-order valence-electron chi connectivity index (χ4n) is 4.17. The van der Waals surface area contributed by atoms with Gasteiger partial charge in [0.2, 0.25) is 11.8 Å². The minimum atomic E-state index is -0.898. The average molecular weight is 529 g/mol. The first-order chi connectivity index (χ1) is 17.4. The van der Waals surface area contributed by atoms with Crippen LogP contribution in [-0.4, -0.2) is 76.9 Å². The molecule has 0 aromatic heterocycles. The molecule has 10 nitrogen and oxygen atoms in total. The summed E-state index contributed by atoms with van der Waals surface area (Å²) in [4.78, 5) is 29.1. The number of hydrogen-bond donors (Lipinski definition) is 4. The van der Waals surface area contributed by atoms with Crippen LogP contribution in [0, 0.1) is 28.6 Å². The quantitative estimate of drug-likeness (QED) is 0.231. The maximum absolute atomic E-state index is 12.9. The monoisotopic (exact) mass is 528 g/mol. The van der Waals surface area contributed by atoms with E-state index in [1.165, 1.54) is 17.3 Å². The Bertz CT molecular complexity index is 1010. The summed E-state index contributed by atoms with van der Waals surface area (Å²) in [7, 11) is 0. The van der Waals surface area contributed by atoms with Gasteiger partial charge in [-0.3, -0.25) is 14.5 Å². The second-order valence-corrected chi connectivity index (χ2v) is 10.3. The molecule has 12 heteroatoms. The lowest BCUT2D eigenvalue weighted by Gasteiger charge is -2.29. The van der Waals surface area contributed by atoms with Crippen molar-refractivity contribution in [2.75, 3.05) is 44.8 Å². The molecule has 2 amide bonds. The first-order valence-corrected chi connectivity index (χ1v) is 13.4. The number of carbonyl (C=O) groups excluding carboxylic acids is 2. The Hall–Kier alpha value is -3.06. The van der Waals surface area contributed by atoms with Crippen molar-refractivity contribution in [3.8, 4) is 12.1 Å². The van der Waals surface area contributed by atoms with Crippen molar-refractivity contribution in [2.24, 2.45) is 5.92 Å². The number of benzene rings is 1.